The highest BCUT2D eigenvalue weighted by Crippen LogP contribution is 2.12. The predicted octanol–water partition coefficient (Wildman–Crippen LogP) is 3.23. The lowest BCUT2D eigenvalue weighted by atomic mass is 10.0. The van der Waals surface area contributed by atoms with Crippen LogP contribution in [0.3, 0.4) is 0 Å². The first-order valence-electron chi connectivity index (χ1n) is 12.7. The van der Waals surface area contributed by atoms with Crippen molar-refractivity contribution in [3.63, 3.8) is 0 Å². The Hall–Kier alpha value is -3.10. The van der Waals surface area contributed by atoms with Crippen molar-refractivity contribution in [3.05, 3.63) is 29.8 Å². The first-order chi connectivity index (χ1) is 16.7. The summed E-state index contributed by atoms with van der Waals surface area (Å²) in [6.07, 6.45) is 5.90. The van der Waals surface area contributed by atoms with Gasteiger partial charge in [-0.2, -0.15) is 0 Å². The Morgan fingerprint density at radius 3 is 2.14 bits per heavy atom. The Morgan fingerprint density at radius 1 is 0.886 bits per heavy atom. The van der Waals surface area contributed by atoms with Gasteiger partial charge in [0.1, 0.15) is 12.1 Å². The van der Waals surface area contributed by atoms with Crippen molar-refractivity contribution >= 4 is 29.4 Å². The van der Waals surface area contributed by atoms with E-state index in [1.807, 2.05) is 45.0 Å². The Bertz CT molecular complexity index is 810. The van der Waals surface area contributed by atoms with Gasteiger partial charge in [-0.25, -0.2) is 4.79 Å². The maximum absolute atomic E-state index is 13.1. The van der Waals surface area contributed by atoms with Crippen LogP contribution in [0.15, 0.2) is 24.3 Å². The first-order valence-corrected chi connectivity index (χ1v) is 12.7. The summed E-state index contributed by atoms with van der Waals surface area (Å²) in [7, 11) is 0. The summed E-state index contributed by atoms with van der Waals surface area (Å²) >= 11 is 0. The van der Waals surface area contributed by atoms with Crippen LogP contribution in [0.4, 0.5) is 10.5 Å². The van der Waals surface area contributed by atoms with Gasteiger partial charge in [-0.15, -0.1) is 0 Å². The minimum absolute atomic E-state index is 0.156. The topological polar surface area (TPSA) is 142 Å². The van der Waals surface area contributed by atoms with Crippen LogP contribution >= 0.6 is 0 Å². The molecule has 0 aromatic heterocycles. The number of nitrogens with two attached hydrogens (primary N) is 1. The third-order valence-electron chi connectivity index (χ3n) is 5.75. The number of urea groups is 1. The number of carbonyl (C=O) groups is 4. The molecule has 5 amide bonds. The summed E-state index contributed by atoms with van der Waals surface area (Å²) in [5, 5.41) is 11.0. The minimum Gasteiger partial charge on any atom is -0.352 e. The predicted molar refractivity (Wildman–Crippen MR) is 139 cm³/mol. The highest BCUT2D eigenvalue weighted by molar-refractivity contribution is 5.98. The largest absolute Gasteiger partial charge is 0.352 e. The van der Waals surface area contributed by atoms with Crippen molar-refractivity contribution < 1.29 is 19.2 Å². The normalized spacial score (nSPS) is 12.5. The fraction of sp³-hybridized carbons (Fsp3) is 0.615. The number of unbranched alkanes of at least 4 members (excludes halogenated alkanes) is 3. The standard InChI is InChI=1S/C26H43N5O4/c1-5-7-8-9-12-22(32)31-23(18(3)4)25(34)30-21(11-10-17-28-26(27)35)24(33)29-20-15-13-19(6-2)14-16-20/h13-16,18,21,23H,5-12,17H2,1-4H3,(H,29,33)(H,30,34)(H,31,32)(H3,27,28,35)/t21-,23-/m0/s1. The fourth-order valence-electron chi connectivity index (χ4n) is 3.59. The van der Waals surface area contributed by atoms with E-state index in [1.54, 1.807) is 0 Å². The van der Waals surface area contributed by atoms with E-state index in [9.17, 15) is 19.2 Å². The van der Waals surface area contributed by atoms with E-state index < -0.39 is 24.0 Å². The molecule has 196 valence electrons. The number of anilines is 1. The molecular formula is C26H43N5O4. The number of nitrogens with one attached hydrogen (secondary N) is 4. The summed E-state index contributed by atoms with van der Waals surface area (Å²) in [5.41, 5.74) is 6.88. The van der Waals surface area contributed by atoms with Crippen molar-refractivity contribution in [2.45, 2.75) is 91.1 Å². The van der Waals surface area contributed by atoms with Gasteiger partial charge in [-0.05, 0) is 49.3 Å². The summed E-state index contributed by atoms with van der Waals surface area (Å²) in [6, 6.07) is 5.27. The summed E-state index contributed by atoms with van der Waals surface area (Å²) in [6.45, 7) is 8.14. The van der Waals surface area contributed by atoms with Crippen molar-refractivity contribution in [2.24, 2.45) is 11.7 Å². The van der Waals surface area contributed by atoms with Crippen molar-refractivity contribution in [2.75, 3.05) is 11.9 Å². The maximum atomic E-state index is 13.1. The molecule has 1 aromatic rings. The molecule has 0 saturated heterocycles. The van der Waals surface area contributed by atoms with Gasteiger partial charge >= 0.3 is 6.03 Å². The van der Waals surface area contributed by atoms with Gasteiger partial charge < -0.3 is 27.0 Å². The second kappa shape index (κ2) is 16.5. The molecule has 2 atom stereocenters. The number of amides is 5. The van der Waals surface area contributed by atoms with E-state index >= 15 is 0 Å². The molecule has 1 rings (SSSR count). The minimum atomic E-state index is -0.842. The van der Waals surface area contributed by atoms with Gasteiger partial charge in [0, 0.05) is 18.7 Å². The number of rotatable bonds is 16. The van der Waals surface area contributed by atoms with Crippen LogP contribution in [0.2, 0.25) is 0 Å². The van der Waals surface area contributed by atoms with Crippen molar-refractivity contribution in [1.29, 1.82) is 0 Å². The number of hydrogen-bond acceptors (Lipinski definition) is 4. The van der Waals surface area contributed by atoms with Crippen molar-refractivity contribution in [3.8, 4) is 0 Å². The van der Waals surface area contributed by atoms with Gasteiger partial charge in [0.2, 0.25) is 17.7 Å². The molecule has 9 heteroatoms. The highest BCUT2D eigenvalue weighted by atomic mass is 16.2. The molecule has 0 aliphatic carbocycles. The first kappa shape index (κ1) is 29.9. The van der Waals surface area contributed by atoms with E-state index in [0.29, 0.717) is 24.9 Å². The van der Waals surface area contributed by atoms with Crippen LogP contribution in [-0.4, -0.2) is 42.4 Å². The second-order valence-electron chi connectivity index (χ2n) is 9.13. The monoisotopic (exact) mass is 489 g/mol. The van der Waals surface area contributed by atoms with Crippen LogP contribution in [0, 0.1) is 5.92 Å². The molecule has 0 heterocycles. The van der Waals surface area contributed by atoms with E-state index in [4.69, 9.17) is 5.73 Å². The number of carbonyl (C=O) groups excluding carboxylic acids is 4. The smallest absolute Gasteiger partial charge is 0.312 e. The molecule has 6 N–H and O–H groups in total. The molecule has 0 bridgehead atoms. The van der Waals surface area contributed by atoms with E-state index in [2.05, 4.69) is 28.2 Å². The number of benzene rings is 1. The average molecular weight is 490 g/mol. The van der Waals surface area contributed by atoms with Crippen LogP contribution < -0.4 is 27.0 Å². The quantitative estimate of drug-likeness (QED) is 0.227. The SMILES string of the molecule is CCCCCCC(=O)N[C@H](C(=O)N[C@@H](CCCNC(N)=O)C(=O)Nc1ccc(CC)cc1)C(C)C. The molecule has 0 unspecified atom stereocenters. The number of primary amides is 1. The number of aryl methyl sites for hydroxylation is 1. The van der Waals surface area contributed by atoms with E-state index in [1.165, 1.54) is 0 Å². The molecule has 1 aromatic carbocycles. The molecule has 0 fully saturated rings. The third kappa shape index (κ3) is 12.2. The fourth-order valence-corrected chi connectivity index (χ4v) is 3.59. The maximum Gasteiger partial charge on any atom is 0.312 e. The zero-order valence-corrected chi connectivity index (χ0v) is 21.6. The van der Waals surface area contributed by atoms with Gasteiger partial charge in [-0.1, -0.05) is 59.1 Å². The molecule has 35 heavy (non-hydrogen) atoms. The van der Waals surface area contributed by atoms with Gasteiger partial charge in [0.25, 0.3) is 0 Å². The summed E-state index contributed by atoms with van der Waals surface area (Å²) < 4.78 is 0. The van der Waals surface area contributed by atoms with Gasteiger partial charge in [-0.3, -0.25) is 14.4 Å². The summed E-state index contributed by atoms with van der Waals surface area (Å²) in [5.74, 6) is -1.10. The van der Waals surface area contributed by atoms with Gasteiger partial charge in [0.15, 0.2) is 0 Å². The molecule has 0 spiro atoms. The lowest BCUT2D eigenvalue weighted by Gasteiger charge is -2.25. The molecule has 0 aliphatic heterocycles. The highest BCUT2D eigenvalue weighted by Gasteiger charge is 2.28. The van der Waals surface area contributed by atoms with Crippen LogP contribution in [0.5, 0.6) is 0 Å². The lowest BCUT2D eigenvalue weighted by molar-refractivity contribution is -0.132. The number of hydrogen-bond donors (Lipinski definition) is 5. The zero-order valence-electron chi connectivity index (χ0n) is 21.6. The Labute approximate surface area is 209 Å². The zero-order chi connectivity index (χ0) is 26.2. The van der Waals surface area contributed by atoms with E-state index in [-0.39, 0.29) is 24.3 Å². The molecular weight excluding hydrogens is 446 g/mol. The van der Waals surface area contributed by atoms with E-state index in [0.717, 1.165) is 37.7 Å². The Kier molecular flexibility index (Phi) is 14.1. The Balaban J connectivity index is 2.84. The second-order valence-corrected chi connectivity index (χ2v) is 9.13. The molecule has 0 aliphatic rings. The molecule has 0 radical (unpaired) electrons. The molecule has 9 nitrogen and oxygen atoms in total. The van der Waals surface area contributed by atoms with Crippen molar-refractivity contribution in [1.82, 2.24) is 16.0 Å². The van der Waals surface area contributed by atoms with Crippen LogP contribution in [0.1, 0.15) is 78.2 Å². The lowest BCUT2D eigenvalue weighted by Crippen LogP contribution is -2.54. The van der Waals surface area contributed by atoms with Crippen LogP contribution in [0.25, 0.3) is 0 Å². The third-order valence-corrected chi connectivity index (χ3v) is 5.75. The Morgan fingerprint density at radius 2 is 1.57 bits per heavy atom. The van der Waals surface area contributed by atoms with Crippen LogP contribution in [-0.2, 0) is 20.8 Å². The summed E-state index contributed by atoms with van der Waals surface area (Å²) in [4.78, 5) is 49.5. The average Bonchev–Trinajstić information content (AvgIpc) is 2.82. The van der Waals surface area contributed by atoms with Gasteiger partial charge in [0.05, 0.1) is 0 Å². The molecule has 0 saturated carbocycles.